The van der Waals surface area contributed by atoms with Crippen molar-refractivity contribution in [1.29, 1.82) is 0 Å². The lowest BCUT2D eigenvalue weighted by Gasteiger charge is -2.31. The fourth-order valence-corrected chi connectivity index (χ4v) is 3.08. The molecule has 5 nitrogen and oxygen atoms in total. The highest BCUT2D eigenvalue weighted by molar-refractivity contribution is 5.89. The molecule has 2 aliphatic rings. The summed E-state index contributed by atoms with van der Waals surface area (Å²) in [5, 5.41) is 2.93. The van der Waals surface area contributed by atoms with Gasteiger partial charge in [0.15, 0.2) is 0 Å². The number of hydrogen-bond acceptors (Lipinski definition) is 3. The molecule has 120 valence electrons. The van der Waals surface area contributed by atoms with Crippen LogP contribution in [0.4, 0.5) is 0 Å². The van der Waals surface area contributed by atoms with Gasteiger partial charge in [0.1, 0.15) is 12.1 Å². The number of hydrogen-bond donors (Lipinski definition) is 1. The van der Waals surface area contributed by atoms with Crippen molar-refractivity contribution in [2.24, 2.45) is 5.92 Å². The SMILES string of the molecule is CC(C)C[C@@H](NC(=O)C1CCCO1)C(=O)N1CCCCC1. The van der Waals surface area contributed by atoms with Crippen LogP contribution in [0.15, 0.2) is 0 Å². The predicted octanol–water partition coefficient (Wildman–Crippen LogP) is 1.71. The minimum absolute atomic E-state index is 0.0785. The molecule has 0 aliphatic carbocycles. The Hall–Kier alpha value is -1.10. The zero-order chi connectivity index (χ0) is 15.2. The molecule has 0 aromatic rings. The fraction of sp³-hybridized carbons (Fsp3) is 0.875. The molecule has 2 atom stereocenters. The van der Waals surface area contributed by atoms with Crippen LogP contribution in [-0.2, 0) is 14.3 Å². The third-order valence-electron chi connectivity index (χ3n) is 4.21. The number of amides is 2. The third kappa shape index (κ3) is 4.70. The van der Waals surface area contributed by atoms with Crippen molar-refractivity contribution in [2.75, 3.05) is 19.7 Å². The van der Waals surface area contributed by atoms with Gasteiger partial charge in [-0.3, -0.25) is 9.59 Å². The van der Waals surface area contributed by atoms with Crippen LogP contribution in [0.5, 0.6) is 0 Å². The number of likely N-dealkylation sites (tertiary alicyclic amines) is 1. The summed E-state index contributed by atoms with van der Waals surface area (Å²) in [5.41, 5.74) is 0. The lowest BCUT2D eigenvalue weighted by molar-refractivity contribution is -0.140. The molecule has 0 radical (unpaired) electrons. The molecule has 2 heterocycles. The predicted molar refractivity (Wildman–Crippen MR) is 80.8 cm³/mol. The first-order valence-electron chi connectivity index (χ1n) is 8.28. The van der Waals surface area contributed by atoms with Gasteiger partial charge >= 0.3 is 0 Å². The molecular weight excluding hydrogens is 268 g/mol. The summed E-state index contributed by atoms with van der Waals surface area (Å²) < 4.78 is 5.41. The van der Waals surface area contributed by atoms with Crippen molar-refractivity contribution in [3.63, 3.8) is 0 Å². The molecule has 2 amide bonds. The highest BCUT2D eigenvalue weighted by Gasteiger charge is 2.31. The van der Waals surface area contributed by atoms with Crippen molar-refractivity contribution >= 4 is 11.8 Å². The molecule has 2 rings (SSSR count). The Labute approximate surface area is 127 Å². The maximum absolute atomic E-state index is 12.7. The lowest BCUT2D eigenvalue weighted by Crippen LogP contribution is -2.52. The number of piperidine rings is 1. The number of nitrogens with one attached hydrogen (secondary N) is 1. The molecule has 0 bridgehead atoms. The summed E-state index contributed by atoms with van der Waals surface area (Å²) in [6.45, 7) is 6.45. The summed E-state index contributed by atoms with van der Waals surface area (Å²) in [4.78, 5) is 26.8. The van der Waals surface area contributed by atoms with Gasteiger partial charge < -0.3 is 15.0 Å². The summed E-state index contributed by atoms with van der Waals surface area (Å²) in [6.07, 6.45) is 5.34. The highest BCUT2D eigenvalue weighted by atomic mass is 16.5. The molecule has 0 aromatic carbocycles. The second-order valence-electron chi connectivity index (χ2n) is 6.58. The number of carbonyl (C=O) groups is 2. The maximum atomic E-state index is 12.7. The van der Waals surface area contributed by atoms with E-state index in [1.165, 1.54) is 6.42 Å². The van der Waals surface area contributed by atoms with Crippen LogP contribution in [0.1, 0.15) is 52.4 Å². The zero-order valence-electron chi connectivity index (χ0n) is 13.3. The second-order valence-corrected chi connectivity index (χ2v) is 6.58. The first kappa shape index (κ1) is 16.3. The van der Waals surface area contributed by atoms with E-state index < -0.39 is 6.04 Å². The summed E-state index contributed by atoms with van der Waals surface area (Å²) in [6, 6.07) is -0.403. The Kier molecular flexibility index (Phi) is 6.03. The van der Waals surface area contributed by atoms with E-state index in [-0.39, 0.29) is 17.9 Å². The van der Waals surface area contributed by atoms with E-state index in [9.17, 15) is 9.59 Å². The molecular formula is C16H28N2O3. The normalized spacial score (nSPS) is 24.1. The first-order chi connectivity index (χ1) is 10.1. The van der Waals surface area contributed by atoms with E-state index in [2.05, 4.69) is 19.2 Å². The average molecular weight is 296 g/mol. The largest absolute Gasteiger partial charge is 0.368 e. The van der Waals surface area contributed by atoms with Gasteiger partial charge in [0.25, 0.3) is 0 Å². The Morgan fingerprint density at radius 1 is 1.19 bits per heavy atom. The number of nitrogens with zero attached hydrogens (tertiary/aromatic N) is 1. The molecule has 2 saturated heterocycles. The van der Waals surface area contributed by atoms with Crippen molar-refractivity contribution in [3.05, 3.63) is 0 Å². The molecule has 1 unspecified atom stereocenters. The number of carbonyl (C=O) groups excluding carboxylic acids is 2. The van der Waals surface area contributed by atoms with Gasteiger partial charge in [0.2, 0.25) is 11.8 Å². The molecule has 0 aromatic heterocycles. The van der Waals surface area contributed by atoms with Crippen LogP contribution in [0.3, 0.4) is 0 Å². The van der Waals surface area contributed by atoms with Crippen molar-refractivity contribution in [1.82, 2.24) is 10.2 Å². The fourth-order valence-electron chi connectivity index (χ4n) is 3.08. The number of ether oxygens (including phenoxy) is 1. The van der Waals surface area contributed by atoms with Gasteiger partial charge in [-0.2, -0.15) is 0 Å². The summed E-state index contributed by atoms with van der Waals surface area (Å²) in [7, 11) is 0. The van der Waals surface area contributed by atoms with Crippen molar-refractivity contribution in [2.45, 2.75) is 64.5 Å². The zero-order valence-corrected chi connectivity index (χ0v) is 13.3. The monoisotopic (exact) mass is 296 g/mol. The van der Waals surface area contributed by atoms with Gasteiger partial charge in [-0.05, 0) is 44.4 Å². The molecule has 1 N–H and O–H groups in total. The first-order valence-corrected chi connectivity index (χ1v) is 8.28. The van der Waals surface area contributed by atoms with Crippen molar-refractivity contribution in [3.8, 4) is 0 Å². The average Bonchev–Trinajstić information content (AvgIpc) is 3.00. The van der Waals surface area contributed by atoms with E-state index in [1.54, 1.807) is 0 Å². The third-order valence-corrected chi connectivity index (χ3v) is 4.21. The minimum Gasteiger partial charge on any atom is -0.368 e. The van der Waals surface area contributed by atoms with Crippen LogP contribution in [0.2, 0.25) is 0 Å². The quantitative estimate of drug-likeness (QED) is 0.840. The second kappa shape index (κ2) is 7.78. The van der Waals surface area contributed by atoms with Crippen molar-refractivity contribution < 1.29 is 14.3 Å². The molecule has 21 heavy (non-hydrogen) atoms. The van der Waals surface area contributed by atoms with Crippen LogP contribution in [0, 0.1) is 5.92 Å². The Morgan fingerprint density at radius 3 is 2.48 bits per heavy atom. The molecule has 2 aliphatic heterocycles. The standard InChI is InChI=1S/C16H28N2O3/c1-12(2)11-13(16(20)18-8-4-3-5-9-18)17-15(19)14-7-6-10-21-14/h12-14H,3-11H2,1-2H3,(H,17,19)/t13-,14?/m1/s1. The summed E-state index contributed by atoms with van der Waals surface area (Å²) in [5.74, 6) is 0.326. The maximum Gasteiger partial charge on any atom is 0.249 e. The van der Waals surface area contributed by atoms with Gasteiger partial charge in [-0.1, -0.05) is 13.8 Å². The van der Waals surface area contributed by atoms with E-state index in [0.717, 1.165) is 38.8 Å². The van der Waals surface area contributed by atoms with Crippen LogP contribution >= 0.6 is 0 Å². The van der Waals surface area contributed by atoms with E-state index in [4.69, 9.17) is 4.74 Å². The molecule has 0 saturated carbocycles. The summed E-state index contributed by atoms with van der Waals surface area (Å²) >= 11 is 0. The van der Waals surface area contributed by atoms with Crippen LogP contribution in [0.25, 0.3) is 0 Å². The topological polar surface area (TPSA) is 58.6 Å². The van der Waals surface area contributed by atoms with Crippen LogP contribution in [-0.4, -0.2) is 48.6 Å². The minimum atomic E-state index is -0.403. The molecule has 5 heteroatoms. The Balaban J connectivity index is 1.95. The van der Waals surface area contributed by atoms with E-state index in [1.807, 2.05) is 4.90 Å². The highest BCUT2D eigenvalue weighted by Crippen LogP contribution is 2.16. The van der Waals surface area contributed by atoms with Gasteiger partial charge in [0.05, 0.1) is 0 Å². The molecule has 0 spiro atoms. The van der Waals surface area contributed by atoms with Gasteiger partial charge in [0, 0.05) is 19.7 Å². The smallest absolute Gasteiger partial charge is 0.249 e. The van der Waals surface area contributed by atoms with E-state index in [0.29, 0.717) is 18.9 Å². The Morgan fingerprint density at radius 2 is 1.90 bits per heavy atom. The van der Waals surface area contributed by atoms with Gasteiger partial charge in [-0.25, -0.2) is 0 Å². The lowest BCUT2D eigenvalue weighted by atomic mass is 10.0. The van der Waals surface area contributed by atoms with E-state index >= 15 is 0 Å². The Bertz CT molecular complexity index is 359. The van der Waals surface area contributed by atoms with Crippen LogP contribution < -0.4 is 5.32 Å². The van der Waals surface area contributed by atoms with Gasteiger partial charge in [-0.15, -0.1) is 0 Å². The molecule has 2 fully saturated rings. The number of rotatable bonds is 5.